The Kier molecular flexibility index (Phi) is 4.29. The van der Waals surface area contributed by atoms with Crippen LogP contribution in [-0.2, 0) is 11.4 Å². The van der Waals surface area contributed by atoms with Gasteiger partial charge in [-0.05, 0) is 26.8 Å². The minimum atomic E-state index is -1.39. The van der Waals surface area contributed by atoms with Crippen LogP contribution < -0.4 is 0 Å². The molecule has 0 aromatic carbocycles. The van der Waals surface area contributed by atoms with E-state index in [1.54, 1.807) is 20.8 Å². The Labute approximate surface area is 102 Å². The fourth-order valence-corrected chi connectivity index (χ4v) is 1.47. The Morgan fingerprint density at radius 2 is 2.19 bits per heavy atom. The molecule has 0 amide bonds. The molecule has 0 bridgehead atoms. The van der Waals surface area contributed by atoms with Crippen molar-refractivity contribution in [3.05, 3.63) is 28.8 Å². The number of hydrogen-bond acceptors (Lipinski definition) is 3. The van der Waals surface area contributed by atoms with E-state index in [1.165, 1.54) is 12.3 Å². The highest BCUT2D eigenvalue weighted by atomic mass is 35.5. The van der Waals surface area contributed by atoms with Crippen LogP contribution in [0.1, 0.15) is 26.3 Å². The lowest BCUT2D eigenvalue weighted by molar-refractivity contribution is 0.562. The molecule has 1 heterocycles. The van der Waals surface area contributed by atoms with Crippen LogP contribution in [0, 0.1) is 5.82 Å². The van der Waals surface area contributed by atoms with Crippen molar-refractivity contribution in [3.63, 3.8) is 0 Å². The van der Waals surface area contributed by atoms with Crippen LogP contribution in [0.2, 0.25) is 5.15 Å². The average Bonchev–Trinajstić information content (AvgIpc) is 2.17. The van der Waals surface area contributed by atoms with Crippen LogP contribution >= 0.6 is 11.6 Å². The summed E-state index contributed by atoms with van der Waals surface area (Å²) in [5, 5.41) is 0.135. The highest BCUT2D eigenvalue weighted by molar-refractivity contribution is 7.91. The van der Waals surface area contributed by atoms with Crippen molar-refractivity contribution in [2.75, 3.05) is 0 Å². The van der Waals surface area contributed by atoms with Gasteiger partial charge in [-0.3, -0.25) is 0 Å². The van der Waals surface area contributed by atoms with Crippen molar-refractivity contribution in [2.45, 2.75) is 25.5 Å². The topological polar surface area (TPSA) is 48.3 Å². The van der Waals surface area contributed by atoms with Crippen molar-refractivity contribution in [2.24, 2.45) is 4.40 Å². The number of pyridine rings is 1. The first-order chi connectivity index (χ1) is 7.30. The van der Waals surface area contributed by atoms with Crippen LogP contribution in [0.3, 0.4) is 0 Å². The van der Waals surface area contributed by atoms with Gasteiger partial charge in [-0.2, -0.15) is 0 Å². The molecule has 0 saturated carbocycles. The van der Waals surface area contributed by atoms with E-state index in [9.17, 15) is 8.94 Å². The smallest absolute Gasteiger partial charge is 0.144 e. The molecule has 0 aliphatic carbocycles. The molecule has 0 radical (unpaired) electrons. The third-order valence-corrected chi connectivity index (χ3v) is 3.30. The van der Waals surface area contributed by atoms with Crippen molar-refractivity contribution in [1.82, 2.24) is 4.98 Å². The molecule has 0 aliphatic rings. The molecule has 0 aliphatic heterocycles. The summed E-state index contributed by atoms with van der Waals surface area (Å²) >= 11 is 4.33. The predicted molar refractivity (Wildman–Crippen MR) is 64.7 cm³/mol. The van der Waals surface area contributed by atoms with Crippen molar-refractivity contribution >= 4 is 29.2 Å². The molecule has 0 fully saturated rings. The van der Waals surface area contributed by atoms with Crippen LogP contribution in [0.25, 0.3) is 0 Å². The fourth-order valence-electron chi connectivity index (χ4n) is 0.792. The molecule has 0 saturated heterocycles. The summed E-state index contributed by atoms with van der Waals surface area (Å²) in [5.41, 5.74) is 0.319. The zero-order valence-electron chi connectivity index (χ0n) is 9.20. The predicted octanol–water partition coefficient (Wildman–Crippen LogP) is 2.76. The Balaban J connectivity index is 2.88. The molecule has 1 atom stereocenters. The van der Waals surface area contributed by atoms with Gasteiger partial charge in [0.05, 0.1) is 12.4 Å². The molecular formula is C10H12ClFN2OS. The first-order valence-electron chi connectivity index (χ1n) is 4.58. The summed E-state index contributed by atoms with van der Waals surface area (Å²) in [5.74, 6) is -0.507. The number of aromatic nitrogens is 1. The Hall–Kier alpha value is -0.650. The summed E-state index contributed by atoms with van der Waals surface area (Å²) in [6.07, 6.45) is 2.29. The summed E-state index contributed by atoms with van der Waals surface area (Å²) in [6, 6.07) is 1.19. The van der Waals surface area contributed by atoms with Gasteiger partial charge in [0.1, 0.15) is 27.1 Å². The number of halogens is 2. The highest BCUT2D eigenvalue weighted by Gasteiger charge is 2.25. The van der Waals surface area contributed by atoms with E-state index in [-0.39, 0.29) is 5.15 Å². The minimum Gasteiger partial charge on any atom is -0.591 e. The van der Waals surface area contributed by atoms with E-state index in [0.717, 1.165) is 6.20 Å². The largest absolute Gasteiger partial charge is 0.591 e. The maximum absolute atomic E-state index is 12.8. The average molecular weight is 263 g/mol. The maximum Gasteiger partial charge on any atom is 0.144 e. The number of hydrogen-bond donors (Lipinski definition) is 0. The van der Waals surface area contributed by atoms with Crippen molar-refractivity contribution in [3.8, 4) is 0 Å². The monoisotopic (exact) mass is 262 g/mol. The first-order valence-corrected chi connectivity index (χ1v) is 6.06. The van der Waals surface area contributed by atoms with E-state index in [4.69, 9.17) is 11.6 Å². The quantitative estimate of drug-likeness (QED) is 0.467. The third kappa shape index (κ3) is 3.73. The molecule has 1 aromatic rings. The normalized spacial score (nSPS) is 14.4. The standard InChI is InChI=1S/C10H12ClFN2OS/c1-10(2,3)16(15)14-5-7-4-8(12)6-13-9(7)11/h4-6H,1-3H3. The van der Waals surface area contributed by atoms with Gasteiger partial charge in [-0.15, -0.1) is 0 Å². The second kappa shape index (κ2) is 5.12. The van der Waals surface area contributed by atoms with Gasteiger partial charge < -0.3 is 4.55 Å². The molecular weight excluding hydrogens is 251 g/mol. The molecule has 88 valence electrons. The molecule has 0 N–H and O–H groups in total. The summed E-state index contributed by atoms with van der Waals surface area (Å²) in [4.78, 5) is 3.62. The van der Waals surface area contributed by atoms with Crippen molar-refractivity contribution < 1.29 is 8.94 Å². The van der Waals surface area contributed by atoms with Gasteiger partial charge in [0.2, 0.25) is 0 Å². The van der Waals surface area contributed by atoms with Gasteiger partial charge in [0.15, 0.2) is 0 Å². The summed E-state index contributed by atoms with van der Waals surface area (Å²) in [7, 11) is 0. The zero-order valence-corrected chi connectivity index (χ0v) is 10.8. The minimum absolute atomic E-state index is 0.135. The molecule has 1 unspecified atom stereocenters. The van der Waals surface area contributed by atoms with E-state index in [1.807, 2.05) is 0 Å². The van der Waals surface area contributed by atoms with E-state index < -0.39 is 21.9 Å². The van der Waals surface area contributed by atoms with Gasteiger partial charge in [0, 0.05) is 5.56 Å². The van der Waals surface area contributed by atoms with Crippen LogP contribution in [0.15, 0.2) is 16.7 Å². The Bertz CT molecular complexity index is 406. The van der Waals surface area contributed by atoms with E-state index in [2.05, 4.69) is 9.38 Å². The second-order valence-corrected chi connectivity index (χ2v) is 6.42. The van der Waals surface area contributed by atoms with Crippen LogP contribution in [0.5, 0.6) is 0 Å². The lowest BCUT2D eigenvalue weighted by Crippen LogP contribution is -2.25. The lowest BCUT2D eigenvalue weighted by Gasteiger charge is -2.17. The van der Waals surface area contributed by atoms with Crippen molar-refractivity contribution in [1.29, 1.82) is 0 Å². The Morgan fingerprint density at radius 1 is 1.56 bits per heavy atom. The van der Waals surface area contributed by atoms with Crippen LogP contribution in [-0.4, -0.2) is 20.5 Å². The molecule has 0 spiro atoms. The van der Waals surface area contributed by atoms with Gasteiger partial charge in [-0.25, -0.2) is 9.37 Å². The number of nitrogens with zero attached hydrogens (tertiary/aromatic N) is 2. The van der Waals surface area contributed by atoms with E-state index in [0.29, 0.717) is 5.56 Å². The number of rotatable bonds is 2. The molecule has 3 nitrogen and oxygen atoms in total. The van der Waals surface area contributed by atoms with Crippen LogP contribution in [0.4, 0.5) is 4.39 Å². The maximum atomic E-state index is 12.8. The Morgan fingerprint density at radius 3 is 2.75 bits per heavy atom. The first kappa shape index (κ1) is 13.4. The summed E-state index contributed by atoms with van der Waals surface area (Å²) in [6.45, 7) is 5.39. The fraction of sp³-hybridized carbons (Fsp3) is 0.400. The highest BCUT2D eigenvalue weighted by Crippen LogP contribution is 2.18. The zero-order chi connectivity index (χ0) is 12.3. The molecule has 6 heteroatoms. The SMILES string of the molecule is CC(C)(C)[S+]([O-])N=Cc1cc(F)cnc1Cl. The molecule has 1 rings (SSSR count). The van der Waals surface area contributed by atoms with E-state index >= 15 is 0 Å². The summed E-state index contributed by atoms with van der Waals surface area (Å²) < 4.78 is 27.8. The third-order valence-electron chi connectivity index (χ3n) is 1.64. The molecule has 1 aromatic heterocycles. The molecule has 16 heavy (non-hydrogen) atoms. The van der Waals surface area contributed by atoms with Gasteiger partial charge in [0.25, 0.3) is 0 Å². The second-order valence-electron chi connectivity index (χ2n) is 4.13. The van der Waals surface area contributed by atoms with Gasteiger partial charge >= 0.3 is 0 Å². The van der Waals surface area contributed by atoms with Gasteiger partial charge in [-0.1, -0.05) is 16.0 Å². The lowest BCUT2D eigenvalue weighted by atomic mass is 10.3.